The van der Waals surface area contributed by atoms with Gasteiger partial charge in [0, 0.05) is 25.2 Å². The summed E-state index contributed by atoms with van der Waals surface area (Å²) in [6.07, 6.45) is 8.03. The van der Waals surface area contributed by atoms with Crippen LogP contribution < -0.4 is 11.1 Å². The Balaban J connectivity index is 1.55. The van der Waals surface area contributed by atoms with Crippen molar-refractivity contribution in [2.45, 2.75) is 57.0 Å². The molecule has 2 aliphatic heterocycles. The van der Waals surface area contributed by atoms with Crippen molar-refractivity contribution < 1.29 is 4.79 Å². The molecular weight excluding hydrogens is 226 g/mol. The Bertz CT molecular complexity index is 321. The van der Waals surface area contributed by atoms with Gasteiger partial charge >= 0.3 is 0 Å². The number of amides is 1. The second-order valence-electron chi connectivity index (χ2n) is 6.36. The molecule has 1 aliphatic carbocycles. The fraction of sp³-hybridized carbons (Fsp3) is 0.929. The molecule has 4 heteroatoms. The first kappa shape index (κ1) is 12.4. The lowest BCUT2D eigenvalue weighted by Crippen LogP contribution is -2.55. The van der Waals surface area contributed by atoms with Crippen molar-refractivity contribution in [3.63, 3.8) is 0 Å². The summed E-state index contributed by atoms with van der Waals surface area (Å²) in [5.41, 5.74) is 5.58. The fourth-order valence-electron chi connectivity index (χ4n) is 3.82. The fourth-order valence-corrected chi connectivity index (χ4v) is 3.82. The van der Waals surface area contributed by atoms with Gasteiger partial charge in [-0.15, -0.1) is 0 Å². The van der Waals surface area contributed by atoms with Crippen LogP contribution in [-0.2, 0) is 4.79 Å². The molecule has 2 heterocycles. The monoisotopic (exact) mass is 251 g/mol. The zero-order valence-corrected chi connectivity index (χ0v) is 11.2. The second-order valence-corrected chi connectivity index (χ2v) is 6.36. The third-order valence-electron chi connectivity index (χ3n) is 5.34. The third kappa shape index (κ3) is 2.05. The number of nitrogens with one attached hydrogen (secondary N) is 1. The maximum Gasteiger partial charge on any atom is 0.227 e. The average molecular weight is 251 g/mol. The van der Waals surface area contributed by atoms with Gasteiger partial charge in [-0.05, 0) is 45.1 Å². The Kier molecular flexibility index (Phi) is 3.32. The van der Waals surface area contributed by atoms with E-state index in [9.17, 15) is 4.79 Å². The lowest BCUT2D eigenvalue weighted by Gasteiger charge is -2.42. The third-order valence-corrected chi connectivity index (χ3v) is 5.34. The maximum atomic E-state index is 12.3. The number of hydrogen-bond acceptors (Lipinski definition) is 3. The Hall–Kier alpha value is -0.610. The SMILES string of the molecule is NCC1(C(=O)NC2CCN3CCCC3C2)CCC1. The number of hydrogen-bond donors (Lipinski definition) is 2. The zero-order chi connectivity index (χ0) is 12.6. The van der Waals surface area contributed by atoms with E-state index in [1.165, 1.54) is 19.4 Å². The van der Waals surface area contributed by atoms with Gasteiger partial charge in [-0.1, -0.05) is 6.42 Å². The van der Waals surface area contributed by atoms with Crippen LogP contribution in [0.25, 0.3) is 0 Å². The van der Waals surface area contributed by atoms with E-state index in [1.807, 2.05) is 0 Å². The van der Waals surface area contributed by atoms with Crippen molar-refractivity contribution >= 4 is 5.91 Å². The highest BCUT2D eigenvalue weighted by atomic mass is 16.2. The molecule has 0 aromatic heterocycles. The van der Waals surface area contributed by atoms with Crippen LogP contribution in [0.3, 0.4) is 0 Å². The molecule has 4 nitrogen and oxygen atoms in total. The van der Waals surface area contributed by atoms with Gasteiger partial charge in [0.1, 0.15) is 0 Å². The Morgan fingerprint density at radius 3 is 2.78 bits per heavy atom. The molecule has 1 amide bonds. The summed E-state index contributed by atoms with van der Waals surface area (Å²) in [6.45, 7) is 2.93. The predicted molar refractivity (Wildman–Crippen MR) is 71.1 cm³/mol. The van der Waals surface area contributed by atoms with Gasteiger partial charge in [0.2, 0.25) is 5.91 Å². The molecule has 3 fully saturated rings. The number of piperidine rings is 1. The summed E-state index contributed by atoms with van der Waals surface area (Å²) in [4.78, 5) is 14.9. The Labute approximate surface area is 109 Å². The summed E-state index contributed by atoms with van der Waals surface area (Å²) in [5, 5.41) is 3.28. The summed E-state index contributed by atoms with van der Waals surface area (Å²) in [7, 11) is 0. The van der Waals surface area contributed by atoms with Crippen LogP contribution in [0, 0.1) is 5.41 Å². The van der Waals surface area contributed by atoms with E-state index in [1.54, 1.807) is 0 Å². The average Bonchev–Trinajstić information content (AvgIpc) is 2.75. The van der Waals surface area contributed by atoms with Crippen LogP contribution >= 0.6 is 0 Å². The topological polar surface area (TPSA) is 58.4 Å². The van der Waals surface area contributed by atoms with Gasteiger partial charge < -0.3 is 16.0 Å². The van der Waals surface area contributed by atoms with Gasteiger partial charge in [-0.2, -0.15) is 0 Å². The molecule has 18 heavy (non-hydrogen) atoms. The normalized spacial score (nSPS) is 34.7. The second kappa shape index (κ2) is 4.82. The van der Waals surface area contributed by atoms with Crippen LogP contribution in [0.2, 0.25) is 0 Å². The molecule has 0 bridgehead atoms. The number of nitrogens with zero attached hydrogens (tertiary/aromatic N) is 1. The lowest BCUT2D eigenvalue weighted by atomic mass is 9.68. The van der Waals surface area contributed by atoms with Gasteiger partial charge in [0.05, 0.1) is 5.41 Å². The summed E-state index contributed by atoms with van der Waals surface area (Å²) in [6, 6.07) is 1.11. The van der Waals surface area contributed by atoms with Crippen molar-refractivity contribution in [2.24, 2.45) is 11.1 Å². The van der Waals surface area contributed by atoms with Crippen LogP contribution in [-0.4, -0.2) is 42.5 Å². The van der Waals surface area contributed by atoms with Crippen LogP contribution in [0.5, 0.6) is 0 Å². The van der Waals surface area contributed by atoms with Gasteiger partial charge in [-0.25, -0.2) is 0 Å². The molecule has 3 rings (SSSR count). The minimum atomic E-state index is -0.215. The highest BCUT2D eigenvalue weighted by Gasteiger charge is 2.44. The Morgan fingerprint density at radius 1 is 1.28 bits per heavy atom. The summed E-state index contributed by atoms with van der Waals surface area (Å²) < 4.78 is 0. The number of fused-ring (bicyclic) bond motifs is 1. The lowest BCUT2D eigenvalue weighted by molar-refractivity contribution is -0.136. The first-order valence-electron chi connectivity index (χ1n) is 7.49. The summed E-state index contributed by atoms with van der Waals surface area (Å²) >= 11 is 0. The van der Waals surface area contributed by atoms with Crippen molar-refractivity contribution in [1.29, 1.82) is 0 Å². The highest BCUT2D eigenvalue weighted by molar-refractivity contribution is 5.84. The number of carbonyl (C=O) groups is 1. The van der Waals surface area contributed by atoms with E-state index in [0.29, 0.717) is 12.6 Å². The molecule has 0 aromatic rings. The van der Waals surface area contributed by atoms with Gasteiger partial charge in [-0.3, -0.25) is 4.79 Å². The minimum absolute atomic E-state index is 0.215. The van der Waals surface area contributed by atoms with Crippen molar-refractivity contribution in [3.8, 4) is 0 Å². The largest absolute Gasteiger partial charge is 0.353 e. The zero-order valence-electron chi connectivity index (χ0n) is 11.2. The number of nitrogens with two attached hydrogens (primary N) is 1. The predicted octanol–water partition coefficient (Wildman–Crippen LogP) is 0.858. The molecule has 2 saturated heterocycles. The van der Waals surface area contributed by atoms with E-state index in [2.05, 4.69) is 10.2 Å². The van der Waals surface area contributed by atoms with Gasteiger partial charge in [0.15, 0.2) is 0 Å². The molecule has 0 radical (unpaired) electrons. The molecule has 0 aromatic carbocycles. The van der Waals surface area contributed by atoms with Crippen LogP contribution in [0.4, 0.5) is 0 Å². The Morgan fingerprint density at radius 2 is 2.11 bits per heavy atom. The first-order valence-corrected chi connectivity index (χ1v) is 7.49. The highest BCUT2D eigenvalue weighted by Crippen LogP contribution is 2.40. The molecule has 102 valence electrons. The van der Waals surface area contributed by atoms with Crippen LogP contribution in [0.15, 0.2) is 0 Å². The standard InChI is InChI=1S/C14H25N3O/c15-10-14(5-2-6-14)13(18)16-11-4-8-17-7-1-3-12(17)9-11/h11-12H,1-10,15H2,(H,16,18). The van der Waals surface area contributed by atoms with E-state index in [4.69, 9.17) is 5.73 Å². The van der Waals surface area contributed by atoms with E-state index in [0.717, 1.165) is 44.7 Å². The molecule has 2 atom stereocenters. The van der Waals surface area contributed by atoms with Crippen LogP contribution in [0.1, 0.15) is 44.9 Å². The molecular formula is C14H25N3O. The molecule has 3 aliphatic rings. The number of rotatable bonds is 3. The quantitative estimate of drug-likeness (QED) is 0.782. The summed E-state index contributed by atoms with van der Waals surface area (Å²) in [5.74, 6) is 0.229. The molecule has 0 spiro atoms. The smallest absolute Gasteiger partial charge is 0.227 e. The van der Waals surface area contributed by atoms with Crippen molar-refractivity contribution in [3.05, 3.63) is 0 Å². The molecule has 3 N–H and O–H groups in total. The van der Waals surface area contributed by atoms with Gasteiger partial charge in [0.25, 0.3) is 0 Å². The van der Waals surface area contributed by atoms with Crippen molar-refractivity contribution in [2.75, 3.05) is 19.6 Å². The van der Waals surface area contributed by atoms with E-state index in [-0.39, 0.29) is 11.3 Å². The number of carbonyl (C=O) groups excluding carboxylic acids is 1. The maximum absolute atomic E-state index is 12.3. The van der Waals surface area contributed by atoms with Crippen molar-refractivity contribution in [1.82, 2.24) is 10.2 Å². The first-order chi connectivity index (χ1) is 8.73. The van der Waals surface area contributed by atoms with E-state index < -0.39 is 0 Å². The molecule has 1 saturated carbocycles. The van der Waals surface area contributed by atoms with E-state index >= 15 is 0 Å². The minimum Gasteiger partial charge on any atom is -0.353 e. The molecule has 2 unspecified atom stereocenters.